The zero-order valence-corrected chi connectivity index (χ0v) is 26.4. The Morgan fingerprint density at radius 1 is 0.486 bits per heavy atom. The molecule has 0 bridgehead atoms. The maximum Gasteiger partial charge on any atom is 0.213 e. The van der Waals surface area contributed by atoms with E-state index in [-0.39, 0.29) is 21.7 Å². The second-order valence-corrected chi connectivity index (χ2v) is 15.2. The molecule has 1 aromatic carbocycles. The average molecular weight is 501 g/mol. The Bertz CT molecular complexity index is 1210. The molecule has 0 radical (unpaired) electrons. The van der Waals surface area contributed by atoms with Gasteiger partial charge in [-0.2, -0.15) is 0 Å². The molecule has 0 N–H and O–H groups in total. The second kappa shape index (κ2) is 9.37. The summed E-state index contributed by atoms with van der Waals surface area (Å²) in [5, 5.41) is 0. The van der Waals surface area contributed by atoms with Crippen molar-refractivity contribution in [2.75, 3.05) is 0 Å². The van der Waals surface area contributed by atoms with Gasteiger partial charge in [0.25, 0.3) is 0 Å². The van der Waals surface area contributed by atoms with E-state index in [1.165, 1.54) is 50.3 Å². The van der Waals surface area contributed by atoms with E-state index in [4.69, 9.17) is 0 Å². The van der Waals surface area contributed by atoms with Gasteiger partial charge in [-0.3, -0.25) is 0 Å². The van der Waals surface area contributed by atoms with E-state index in [1.807, 2.05) is 0 Å². The number of aromatic nitrogens is 2. The van der Waals surface area contributed by atoms with E-state index in [2.05, 4.69) is 156 Å². The Morgan fingerprint density at radius 3 is 1.08 bits per heavy atom. The van der Waals surface area contributed by atoms with Gasteiger partial charge >= 0.3 is 0 Å². The van der Waals surface area contributed by atoms with E-state index >= 15 is 0 Å². The lowest BCUT2D eigenvalue weighted by molar-refractivity contribution is -0.660. The van der Waals surface area contributed by atoms with Gasteiger partial charge in [0.1, 0.15) is 14.1 Å². The molecule has 2 heteroatoms. The van der Waals surface area contributed by atoms with Gasteiger partial charge in [0, 0.05) is 24.3 Å². The molecule has 3 rings (SSSR count). The standard InChI is InChI=1S/C35H52N2/c1-23-30(28-20-24(32(2,3)4)16-18-36(28)14)26(34(8,9)10)22-27(35(11,12)13)31(23)29-21-25(33(5,6)7)17-19-37(29)15/h16-22H,1-15H3/q+2. The van der Waals surface area contributed by atoms with Gasteiger partial charge < -0.3 is 0 Å². The van der Waals surface area contributed by atoms with Crippen LogP contribution in [0.4, 0.5) is 0 Å². The Labute approximate surface area is 227 Å². The van der Waals surface area contributed by atoms with Crippen LogP contribution in [0, 0.1) is 6.92 Å². The molecule has 0 aliphatic heterocycles. The Balaban J connectivity index is 2.59. The third kappa shape index (κ3) is 5.84. The summed E-state index contributed by atoms with van der Waals surface area (Å²) >= 11 is 0. The van der Waals surface area contributed by atoms with Gasteiger partial charge in [-0.15, -0.1) is 0 Å². The van der Waals surface area contributed by atoms with Crippen LogP contribution in [0.15, 0.2) is 42.7 Å². The molecule has 3 aromatic rings. The zero-order chi connectivity index (χ0) is 28.3. The fourth-order valence-electron chi connectivity index (χ4n) is 5.23. The first-order valence-corrected chi connectivity index (χ1v) is 13.8. The average Bonchev–Trinajstić information content (AvgIpc) is 2.71. The molecular weight excluding hydrogens is 448 g/mol. The van der Waals surface area contributed by atoms with Crippen molar-refractivity contribution in [3.8, 4) is 22.5 Å². The van der Waals surface area contributed by atoms with Gasteiger partial charge in [-0.1, -0.05) is 89.2 Å². The zero-order valence-electron chi connectivity index (χ0n) is 26.4. The van der Waals surface area contributed by atoms with Crippen molar-refractivity contribution in [2.24, 2.45) is 14.1 Å². The molecule has 2 heterocycles. The maximum atomic E-state index is 2.52. The monoisotopic (exact) mass is 500 g/mol. The van der Waals surface area contributed by atoms with E-state index < -0.39 is 0 Å². The van der Waals surface area contributed by atoms with Crippen molar-refractivity contribution < 1.29 is 9.13 Å². The van der Waals surface area contributed by atoms with Gasteiger partial charge in [-0.05, 0) is 56.4 Å². The van der Waals surface area contributed by atoms with Crippen LogP contribution in [0.5, 0.6) is 0 Å². The lowest BCUT2D eigenvalue weighted by Crippen LogP contribution is -2.35. The van der Waals surface area contributed by atoms with E-state index in [0.29, 0.717) is 0 Å². The molecule has 2 nitrogen and oxygen atoms in total. The lowest BCUT2D eigenvalue weighted by Gasteiger charge is -2.31. The maximum absolute atomic E-state index is 2.52. The minimum Gasteiger partial charge on any atom is -0.201 e. The van der Waals surface area contributed by atoms with E-state index in [9.17, 15) is 0 Å². The van der Waals surface area contributed by atoms with Crippen LogP contribution in [0.1, 0.15) is 111 Å². The first kappa shape index (κ1) is 29.1. The first-order valence-electron chi connectivity index (χ1n) is 13.8. The topological polar surface area (TPSA) is 7.76 Å². The number of nitrogens with zero attached hydrogens (tertiary/aromatic N) is 2. The number of aryl methyl sites for hydroxylation is 2. The summed E-state index contributed by atoms with van der Waals surface area (Å²) in [6.07, 6.45) is 4.47. The van der Waals surface area contributed by atoms with Gasteiger partial charge in [-0.25, -0.2) is 9.13 Å². The van der Waals surface area contributed by atoms with Crippen LogP contribution in [-0.2, 0) is 35.8 Å². The Kier molecular flexibility index (Phi) is 7.36. The minimum absolute atomic E-state index is 0.00118. The molecule has 0 aliphatic carbocycles. The smallest absolute Gasteiger partial charge is 0.201 e. The normalized spacial score (nSPS) is 13.3. The largest absolute Gasteiger partial charge is 0.213 e. The predicted molar refractivity (Wildman–Crippen MR) is 159 cm³/mol. The van der Waals surface area contributed by atoms with Crippen LogP contribution in [0.2, 0.25) is 0 Å². The van der Waals surface area contributed by atoms with Crippen LogP contribution in [0.3, 0.4) is 0 Å². The summed E-state index contributed by atoms with van der Waals surface area (Å²) < 4.78 is 4.61. The summed E-state index contributed by atoms with van der Waals surface area (Å²) in [4.78, 5) is 0. The molecule has 0 atom stereocenters. The highest BCUT2D eigenvalue weighted by Crippen LogP contribution is 2.44. The Hall–Kier alpha value is -2.48. The summed E-state index contributed by atoms with van der Waals surface area (Å²) in [6, 6.07) is 11.9. The summed E-state index contributed by atoms with van der Waals surface area (Å²) in [7, 11) is 4.37. The number of hydrogen-bond donors (Lipinski definition) is 0. The van der Waals surface area contributed by atoms with Crippen LogP contribution < -0.4 is 9.13 Å². The molecule has 37 heavy (non-hydrogen) atoms. The molecule has 0 spiro atoms. The first-order chi connectivity index (χ1) is 16.6. The predicted octanol–water partition coefficient (Wildman–Crippen LogP) is 8.17. The number of benzene rings is 1. The van der Waals surface area contributed by atoms with E-state index in [1.54, 1.807) is 0 Å². The fourth-order valence-corrected chi connectivity index (χ4v) is 5.23. The minimum atomic E-state index is -0.00118. The molecule has 0 amide bonds. The van der Waals surface area contributed by atoms with Crippen molar-refractivity contribution in [1.82, 2.24) is 0 Å². The van der Waals surface area contributed by atoms with Crippen molar-refractivity contribution in [3.63, 3.8) is 0 Å². The number of rotatable bonds is 2. The summed E-state index contributed by atoms with van der Waals surface area (Å²) in [5.41, 5.74) is 12.4. The molecule has 0 aliphatic rings. The Morgan fingerprint density at radius 2 is 0.811 bits per heavy atom. The van der Waals surface area contributed by atoms with E-state index in [0.717, 1.165) is 0 Å². The fraction of sp³-hybridized carbons (Fsp3) is 0.543. The number of hydrogen-bond acceptors (Lipinski definition) is 0. The number of pyridine rings is 2. The van der Waals surface area contributed by atoms with Crippen LogP contribution >= 0.6 is 0 Å². The van der Waals surface area contributed by atoms with Crippen LogP contribution in [0.25, 0.3) is 22.5 Å². The molecule has 200 valence electrons. The molecular formula is C35H52N2+2. The van der Waals surface area contributed by atoms with Crippen molar-refractivity contribution in [3.05, 3.63) is 70.5 Å². The highest BCUT2D eigenvalue weighted by Gasteiger charge is 2.34. The third-order valence-corrected chi connectivity index (χ3v) is 7.74. The van der Waals surface area contributed by atoms with Crippen molar-refractivity contribution in [1.29, 1.82) is 0 Å². The lowest BCUT2D eigenvalue weighted by atomic mass is 9.72. The van der Waals surface area contributed by atoms with Crippen molar-refractivity contribution >= 4 is 0 Å². The summed E-state index contributed by atoms with van der Waals surface area (Å²) in [5.74, 6) is 0. The second-order valence-electron chi connectivity index (χ2n) is 15.2. The molecule has 0 unspecified atom stereocenters. The highest BCUT2D eigenvalue weighted by atomic mass is 14.9. The van der Waals surface area contributed by atoms with Crippen molar-refractivity contribution in [2.45, 2.75) is 112 Å². The quantitative estimate of drug-likeness (QED) is 0.314. The van der Waals surface area contributed by atoms with Crippen LogP contribution in [-0.4, -0.2) is 0 Å². The van der Waals surface area contributed by atoms with Gasteiger partial charge in [0.05, 0.1) is 11.1 Å². The molecule has 0 saturated heterocycles. The highest BCUT2D eigenvalue weighted by molar-refractivity contribution is 5.80. The third-order valence-electron chi connectivity index (χ3n) is 7.74. The van der Waals surface area contributed by atoms with Gasteiger partial charge in [0.15, 0.2) is 12.4 Å². The molecule has 0 fully saturated rings. The molecule has 0 saturated carbocycles. The summed E-state index contributed by atoms with van der Waals surface area (Å²) in [6.45, 7) is 30.3. The molecule has 2 aromatic heterocycles. The van der Waals surface area contributed by atoms with Gasteiger partial charge in [0.2, 0.25) is 11.4 Å². The SMILES string of the molecule is Cc1c(-c2cc(C(C)(C)C)cc[n+]2C)c(C(C)(C)C)cc(C(C)(C)C)c1-c1cc(C(C)(C)C)cc[n+]1C.